The number of likely N-dealkylation sites (tertiary alicyclic amines) is 1. The van der Waals surface area contributed by atoms with Gasteiger partial charge in [0.15, 0.2) is 0 Å². The summed E-state index contributed by atoms with van der Waals surface area (Å²) in [6, 6.07) is 10.7. The second-order valence-electron chi connectivity index (χ2n) is 6.14. The number of nitrogens with one attached hydrogen (secondary N) is 1. The second kappa shape index (κ2) is 7.81. The van der Waals surface area contributed by atoms with Crippen molar-refractivity contribution in [2.75, 3.05) is 26.2 Å². The van der Waals surface area contributed by atoms with Crippen molar-refractivity contribution in [1.29, 1.82) is 0 Å². The van der Waals surface area contributed by atoms with Crippen LogP contribution in [0, 0.1) is 5.92 Å². The minimum absolute atomic E-state index is 0. The molecule has 1 aromatic rings. The standard InChI is InChI=1S/C17H24N2O.ClH/c20-17(13-18-12-14-6-7-14)19-10-8-16(9-11-19)15-4-2-1-3-5-15;/h1-5,14,16,18H,6-13H2;1H. The number of carbonyl (C=O) groups excluding carboxylic acids is 1. The van der Waals surface area contributed by atoms with Crippen molar-refractivity contribution < 1.29 is 4.79 Å². The Morgan fingerprint density at radius 3 is 2.38 bits per heavy atom. The first-order valence-corrected chi connectivity index (χ1v) is 7.86. The molecule has 4 heteroatoms. The lowest BCUT2D eigenvalue weighted by molar-refractivity contribution is -0.131. The van der Waals surface area contributed by atoms with E-state index in [0.29, 0.717) is 12.5 Å². The van der Waals surface area contributed by atoms with Gasteiger partial charge >= 0.3 is 0 Å². The maximum Gasteiger partial charge on any atom is 0.236 e. The molecule has 1 heterocycles. The summed E-state index contributed by atoms with van der Waals surface area (Å²) in [4.78, 5) is 14.1. The minimum Gasteiger partial charge on any atom is -0.342 e. The fourth-order valence-corrected chi connectivity index (χ4v) is 3.00. The van der Waals surface area contributed by atoms with E-state index in [1.807, 2.05) is 4.90 Å². The second-order valence-corrected chi connectivity index (χ2v) is 6.14. The molecule has 21 heavy (non-hydrogen) atoms. The molecule has 1 saturated heterocycles. The van der Waals surface area contributed by atoms with Gasteiger partial charge < -0.3 is 10.2 Å². The summed E-state index contributed by atoms with van der Waals surface area (Å²) in [5, 5.41) is 3.30. The van der Waals surface area contributed by atoms with Crippen molar-refractivity contribution >= 4 is 18.3 Å². The molecule has 1 aliphatic heterocycles. The van der Waals surface area contributed by atoms with E-state index in [4.69, 9.17) is 0 Å². The van der Waals surface area contributed by atoms with Crippen LogP contribution in [-0.4, -0.2) is 37.0 Å². The van der Waals surface area contributed by atoms with Gasteiger partial charge in [-0.15, -0.1) is 12.4 Å². The lowest BCUT2D eigenvalue weighted by Gasteiger charge is -2.32. The molecule has 1 amide bonds. The number of halogens is 1. The summed E-state index contributed by atoms with van der Waals surface area (Å²) in [5.41, 5.74) is 1.42. The highest BCUT2D eigenvalue weighted by atomic mass is 35.5. The van der Waals surface area contributed by atoms with E-state index < -0.39 is 0 Å². The summed E-state index contributed by atoms with van der Waals surface area (Å²) in [5.74, 6) is 1.74. The van der Waals surface area contributed by atoms with Crippen molar-refractivity contribution in [3.8, 4) is 0 Å². The van der Waals surface area contributed by atoms with Gasteiger partial charge in [-0.3, -0.25) is 4.79 Å². The third-order valence-corrected chi connectivity index (χ3v) is 4.52. The molecule has 0 bridgehead atoms. The third-order valence-electron chi connectivity index (χ3n) is 4.52. The number of benzene rings is 1. The lowest BCUT2D eigenvalue weighted by Crippen LogP contribution is -2.42. The first kappa shape index (κ1) is 16.3. The molecule has 0 aromatic heterocycles. The molecule has 0 unspecified atom stereocenters. The Morgan fingerprint density at radius 1 is 1.10 bits per heavy atom. The zero-order valence-electron chi connectivity index (χ0n) is 12.5. The van der Waals surface area contributed by atoms with E-state index in [1.165, 1.54) is 18.4 Å². The first-order chi connectivity index (χ1) is 9.83. The van der Waals surface area contributed by atoms with Gasteiger partial charge in [0.2, 0.25) is 5.91 Å². The van der Waals surface area contributed by atoms with Gasteiger partial charge in [0.1, 0.15) is 0 Å². The van der Waals surface area contributed by atoms with Gasteiger partial charge in [0.05, 0.1) is 6.54 Å². The number of amides is 1. The number of piperidine rings is 1. The number of carbonyl (C=O) groups is 1. The minimum atomic E-state index is 0. The molecule has 116 valence electrons. The Hall–Kier alpha value is -1.06. The van der Waals surface area contributed by atoms with E-state index in [-0.39, 0.29) is 18.3 Å². The molecule has 0 radical (unpaired) electrons. The molecule has 0 spiro atoms. The van der Waals surface area contributed by atoms with Crippen molar-refractivity contribution in [1.82, 2.24) is 10.2 Å². The van der Waals surface area contributed by atoms with Gasteiger partial charge in [-0.2, -0.15) is 0 Å². The Morgan fingerprint density at radius 2 is 1.76 bits per heavy atom. The van der Waals surface area contributed by atoms with Crippen LogP contribution in [0.2, 0.25) is 0 Å². The Kier molecular flexibility index (Phi) is 6.07. The van der Waals surface area contributed by atoms with Crippen molar-refractivity contribution in [2.45, 2.75) is 31.6 Å². The quantitative estimate of drug-likeness (QED) is 0.907. The largest absolute Gasteiger partial charge is 0.342 e. The molecule has 2 aliphatic rings. The van der Waals surface area contributed by atoms with E-state index in [9.17, 15) is 4.79 Å². The predicted molar refractivity (Wildman–Crippen MR) is 87.8 cm³/mol. The summed E-state index contributed by atoms with van der Waals surface area (Å²) in [6.45, 7) is 3.35. The Labute approximate surface area is 133 Å². The predicted octanol–water partition coefficient (Wildman–Crippen LogP) is 2.81. The van der Waals surface area contributed by atoms with Gasteiger partial charge in [0, 0.05) is 13.1 Å². The Bertz CT molecular complexity index is 439. The number of nitrogens with zero attached hydrogens (tertiary/aromatic N) is 1. The zero-order chi connectivity index (χ0) is 13.8. The topological polar surface area (TPSA) is 32.3 Å². The highest BCUT2D eigenvalue weighted by molar-refractivity contribution is 5.85. The summed E-state index contributed by atoms with van der Waals surface area (Å²) in [7, 11) is 0. The van der Waals surface area contributed by atoms with Crippen LogP contribution in [-0.2, 0) is 4.79 Å². The van der Waals surface area contributed by atoms with Crippen molar-refractivity contribution in [2.24, 2.45) is 5.92 Å². The van der Waals surface area contributed by atoms with Crippen LogP contribution in [0.5, 0.6) is 0 Å². The van der Waals surface area contributed by atoms with E-state index >= 15 is 0 Å². The van der Waals surface area contributed by atoms with Crippen LogP contribution in [0.25, 0.3) is 0 Å². The van der Waals surface area contributed by atoms with Crippen LogP contribution in [0.4, 0.5) is 0 Å². The van der Waals surface area contributed by atoms with E-state index in [1.54, 1.807) is 0 Å². The van der Waals surface area contributed by atoms with Crippen LogP contribution >= 0.6 is 12.4 Å². The van der Waals surface area contributed by atoms with Crippen LogP contribution in [0.3, 0.4) is 0 Å². The van der Waals surface area contributed by atoms with E-state index in [0.717, 1.165) is 38.4 Å². The normalized spacial score (nSPS) is 19.1. The molecule has 1 N–H and O–H groups in total. The lowest BCUT2D eigenvalue weighted by atomic mass is 9.89. The fourth-order valence-electron chi connectivity index (χ4n) is 3.00. The number of hydrogen-bond donors (Lipinski definition) is 1. The van der Waals surface area contributed by atoms with Gasteiger partial charge in [-0.25, -0.2) is 0 Å². The van der Waals surface area contributed by atoms with Gasteiger partial charge in [0.25, 0.3) is 0 Å². The monoisotopic (exact) mass is 308 g/mol. The smallest absolute Gasteiger partial charge is 0.236 e. The first-order valence-electron chi connectivity index (χ1n) is 7.86. The molecule has 1 saturated carbocycles. The maximum absolute atomic E-state index is 12.1. The summed E-state index contributed by atoms with van der Waals surface area (Å²) >= 11 is 0. The molecule has 3 nitrogen and oxygen atoms in total. The highest BCUT2D eigenvalue weighted by Gasteiger charge is 2.24. The molecular formula is C17H25ClN2O. The molecule has 1 aliphatic carbocycles. The third kappa shape index (κ3) is 4.72. The molecular weight excluding hydrogens is 284 g/mol. The average Bonchev–Trinajstić information content (AvgIpc) is 3.32. The molecule has 2 fully saturated rings. The number of rotatable bonds is 5. The maximum atomic E-state index is 12.1. The summed E-state index contributed by atoms with van der Waals surface area (Å²) in [6.07, 6.45) is 4.87. The van der Waals surface area contributed by atoms with Crippen molar-refractivity contribution in [3.05, 3.63) is 35.9 Å². The molecule has 1 aromatic carbocycles. The van der Waals surface area contributed by atoms with Crippen molar-refractivity contribution in [3.63, 3.8) is 0 Å². The highest BCUT2D eigenvalue weighted by Crippen LogP contribution is 2.28. The fraction of sp³-hybridized carbons (Fsp3) is 0.588. The molecule has 0 atom stereocenters. The SMILES string of the molecule is Cl.O=C(CNCC1CC1)N1CCC(c2ccccc2)CC1. The van der Waals surface area contributed by atoms with E-state index in [2.05, 4.69) is 35.6 Å². The average molecular weight is 309 g/mol. The summed E-state index contributed by atoms with van der Waals surface area (Å²) < 4.78 is 0. The number of hydrogen-bond acceptors (Lipinski definition) is 2. The zero-order valence-corrected chi connectivity index (χ0v) is 13.3. The van der Waals surface area contributed by atoms with Gasteiger partial charge in [-0.05, 0) is 49.6 Å². The molecule has 3 rings (SSSR count). The Balaban J connectivity index is 0.00000161. The van der Waals surface area contributed by atoms with Crippen LogP contribution < -0.4 is 5.32 Å². The van der Waals surface area contributed by atoms with Crippen LogP contribution in [0.1, 0.15) is 37.2 Å². The van der Waals surface area contributed by atoms with Crippen LogP contribution in [0.15, 0.2) is 30.3 Å². The van der Waals surface area contributed by atoms with Gasteiger partial charge in [-0.1, -0.05) is 30.3 Å².